The predicted octanol–water partition coefficient (Wildman–Crippen LogP) is 1.28. The highest BCUT2D eigenvalue weighted by atomic mass is 32.2. The molecule has 2 N–H and O–H groups in total. The summed E-state index contributed by atoms with van der Waals surface area (Å²) in [5.74, 6) is -2.82. The topological polar surface area (TPSA) is 126 Å². The second-order valence-corrected chi connectivity index (χ2v) is 9.22. The van der Waals surface area contributed by atoms with Gasteiger partial charge >= 0.3 is 12.1 Å². The summed E-state index contributed by atoms with van der Waals surface area (Å²) in [5, 5.41) is 7.12. The number of aromatic nitrogens is 1. The Kier molecular flexibility index (Phi) is 8.00. The third-order valence-electron chi connectivity index (χ3n) is 5.30. The van der Waals surface area contributed by atoms with Gasteiger partial charge in [-0.15, -0.1) is 0 Å². The summed E-state index contributed by atoms with van der Waals surface area (Å²) in [6, 6.07) is 5.07. The highest BCUT2D eigenvalue weighted by Gasteiger charge is 2.45. The third-order valence-corrected chi connectivity index (χ3v) is 6.01. The highest BCUT2D eigenvalue weighted by Crippen LogP contribution is 2.41. The lowest BCUT2D eigenvalue weighted by Crippen LogP contribution is -2.57. The molecule has 1 unspecified atom stereocenters. The number of nitrogens with zero attached hydrogens (tertiary/aromatic N) is 2. The van der Waals surface area contributed by atoms with Crippen molar-refractivity contribution in [3.05, 3.63) is 30.1 Å². The zero-order valence-corrected chi connectivity index (χ0v) is 17.6. The van der Waals surface area contributed by atoms with Crippen molar-refractivity contribution in [3.8, 4) is 0 Å². The number of ether oxygens (including phenoxy) is 1. The Hall–Kier alpha value is -2.25. The van der Waals surface area contributed by atoms with Crippen molar-refractivity contribution < 1.29 is 41.0 Å². The molecule has 31 heavy (non-hydrogen) atoms. The van der Waals surface area contributed by atoms with Gasteiger partial charge in [-0.05, 0) is 36.8 Å². The van der Waals surface area contributed by atoms with Gasteiger partial charge in [0.2, 0.25) is 10.0 Å². The van der Waals surface area contributed by atoms with E-state index >= 15 is 0 Å². The quantitative estimate of drug-likeness (QED) is 0.686. The van der Waals surface area contributed by atoms with Crippen molar-refractivity contribution >= 4 is 21.9 Å². The van der Waals surface area contributed by atoms with E-state index in [0.717, 1.165) is 19.3 Å². The van der Waals surface area contributed by atoms with E-state index in [2.05, 4.69) is 9.71 Å². The molecule has 0 bridgehead atoms. The molecule has 1 aromatic heterocycles. The second-order valence-electron chi connectivity index (χ2n) is 7.44. The second kappa shape index (κ2) is 9.92. The fraction of sp³-hybridized carbons (Fsp3) is 0.611. The van der Waals surface area contributed by atoms with Gasteiger partial charge in [-0.2, -0.15) is 13.2 Å². The molecule has 0 aliphatic carbocycles. The lowest BCUT2D eigenvalue weighted by atomic mass is 9.69. The van der Waals surface area contributed by atoms with E-state index < -0.39 is 22.2 Å². The zero-order chi connectivity index (χ0) is 23.3. The molecule has 9 nitrogen and oxygen atoms in total. The largest absolute Gasteiger partial charge is 0.490 e. The first-order chi connectivity index (χ1) is 14.3. The van der Waals surface area contributed by atoms with Crippen molar-refractivity contribution in [3.63, 3.8) is 0 Å². The van der Waals surface area contributed by atoms with Crippen LogP contribution in [0.1, 0.15) is 29.8 Å². The number of hydrogen-bond donors (Lipinski definition) is 2. The van der Waals surface area contributed by atoms with Gasteiger partial charge in [-0.25, -0.2) is 17.9 Å². The average molecular weight is 467 g/mol. The first-order valence-corrected chi connectivity index (χ1v) is 11.3. The molecule has 174 valence electrons. The van der Waals surface area contributed by atoms with Gasteiger partial charge < -0.3 is 14.7 Å². The highest BCUT2D eigenvalue weighted by molar-refractivity contribution is 7.88. The van der Waals surface area contributed by atoms with E-state index in [1.165, 1.54) is 6.26 Å². The zero-order valence-electron chi connectivity index (χ0n) is 16.8. The van der Waals surface area contributed by atoms with Gasteiger partial charge in [0.1, 0.15) is 5.69 Å². The summed E-state index contributed by atoms with van der Waals surface area (Å²) in [7, 11) is -3.29. The number of carbonyl (C=O) groups is 2. The lowest BCUT2D eigenvalue weighted by Gasteiger charge is -2.48. The molecule has 13 heteroatoms. The Labute approximate surface area is 177 Å². The summed E-state index contributed by atoms with van der Waals surface area (Å²) in [6.07, 6.45) is 0.0499. The Morgan fingerprint density at radius 3 is 2.35 bits per heavy atom. The van der Waals surface area contributed by atoms with Crippen LogP contribution in [0.4, 0.5) is 13.2 Å². The number of hydrogen-bond acceptors (Lipinski definition) is 6. The van der Waals surface area contributed by atoms with Crippen molar-refractivity contribution in [1.82, 2.24) is 14.6 Å². The Bertz CT molecular complexity index is 871. The van der Waals surface area contributed by atoms with E-state index in [1.807, 2.05) is 0 Å². The van der Waals surface area contributed by atoms with E-state index in [4.69, 9.17) is 14.6 Å². The molecule has 0 saturated carbocycles. The fourth-order valence-corrected chi connectivity index (χ4v) is 4.48. The Morgan fingerprint density at radius 1 is 1.26 bits per heavy atom. The lowest BCUT2D eigenvalue weighted by molar-refractivity contribution is -0.192. The van der Waals surface area contributed by atoms with Crippen LogP contribution in [0.25, 0.3) is 0 Å². The molecule has 1 amide bonds. The van der Waals surface area contributed by atoms with Crippen LogP contribution in [-0.2, 0) is 19.6 Å². The first-order valence-electron chi connectivity index (χ1n) is 9.39. The minimum Gasteiger partial charge on any atom is -0.475 e. The number of carbonyl (C=O) groups excluding carboxylic acids is 1. The molecule has 0 radical (unpaired) electrons. The molecule has 2 aliphatic rings. The van der Waals surface area contributed by atoms with Crippen LogP contribution in [0, 0.1) is 5.41 Å². The van der Waals surface area contributed by atoms with Gasteiger partial charge in [0.15, 0.2) is 0 Å². The molecule has 3 rings (SSSR count). The maximum Gasteiger partial charge on any atom is 0.490 e. The third kappa shape index (κ3) is 7.14. The van der Waals surface area contributed by atoms with E-state index in [0.29, 0.717) is 32.0 Å². The molecule has 2 aliphatic heterocycles. The summed E-state index contributed by atoms with van der Waals surface area (Å²) in [6.45, 7) is 2.24. The van der Waals surface area contributed by atoms with Gasteiger partial charge in [-0.1, -0.05) is 6.07 Å². The molecule has 3 heterocycles. The van der Waals surface area contributed by atoms with Gasteiger partial charge in [0.25, 0.3) is 5.91 Å². The van der Waals surface area contributed by atoms with Crippen LogP contribution in [-0.4, -0.2) is 80.1 Å². The molecule has 1 atom stereocenters. The molecule has 1 spiro atoms. The number of nitrogens with one attached hydrogen (secondary N) is 1. The normalized spacial score (nSPS) is 21.2. The minimum absolute atomic E-state index is 0.0647. The van der Waals surface area contributed by atoms with Crippen LogP contribution in [0.15, 0.2) is 24.4 Å². The predicted molar refractivity (Wildman–Crippen MR) is 103 cm³/mol. The molecule has 1 aromatic rings. The molecule has 2 fully saturated rings. The number of sulfonamides is 1. The number of rotatable bonds is 3. The summed E-state index contributed by atoms with van der Waals surface area (Å²) >= 11 is 0. The van der Waals surface area contributed by atoms with Crippen molar-refractivity contribution in [2.75, 3.05) is 32.6 Å². The first kappa shape index (κ1) is 25.0. The van der Waals surface area contributed by atoms with Crippen LogP contribution in [0.5, 0.6) is 0 Å². The number of aliphatic carboxylic acids is 1. The number of pyridine rings is 1. The summed E-state index contributed by atoms with van der Waals surface area (Å²) < 4.78 is 63.2. The van der Waals surface area contributed by atoms with Crippen molar-refractivity contribution in [2.24, 2.45) is 5.41 Å². The van der Waals surface area contributed by atoms with Gasteiger partial charge in [0.05, 0.1) is 18.9 Å². The van der Waals surface area contributed by atoms with Crippen LogP contribution in [0.3, 0.4) is 0 Å². The van der Waals surface area contributed by atoms with Crippen LogP contribution in [0.2, 0.25) is 0 Å². The number of piperidine rings is 1. The molecule has 2 saturated heterocycles. The molecular formula is C18H24F3N3O6S. The molecule has 0 aromatic carbocycles. The number of alkyl halides is 3. The fourth-order valence-electron chi connectivity index (χ4n) is 3.65. The minimum atomic E-state index is -5.08. The standard InChI is InChI=1S/C16H23N3O4S.C2HF3O2/c1-24(21,22)18-14-12-23-11-7-16(14)5-9-19(10-6-16)15(20)13-4-2-3-8-17-13;3-2(4,5)1(6)7/h2-4,8,14,18H,5-7,9-12H2,1H3;(H,6,7). The van der Waals surface area contributed by atoms with E-state index in [1.54, 1.807) is 29.3 Å². The number of halogens is 3. The SMILES string of the molecule is CS(=O)(=O)NC1COCCC12CCN(C(=O)c1ccccn1)CC2.O=C(O)C(F)(F)F. The van der Waals surface area contributed by atoms with Gasteiger partial charge in [0, 0.05) is 25.9 Å². The smallest absolute Gasteiger partial charge is 0.475 e. The number of carboxylic acid groups (broad SMARTS) is 1. The van der Waals surface area contributed by atoms with Crippen LogP contribution >= 0.6 is 0 Å². The molecular weight excluding hydrogens is 443 g/mol. The number of likely N-dealkylation sites (tertiary alicyclic amines) is 1. The van der Waals surface area contributed by atoms with E-state index in [9.17, 15) is 26.4 Å². The maximum absolute atomic E-state index is 12.5. The average Bonchev–Trinajstić information content (AvgIpc) is 2.69. The Morgan fingerprint density at radius 2 is 1.87 bits per heavy atom. The number of carboxylic acids is 1. The monoisotopic (exact) mass is 467 g/mol. The maximum atomic E-state index is 12.5. The van der Waals surface area contributed by atoms with Crippen molar-refractivity contribution in [1.29, 1.82) is 0 Å². The number of amides is 1. The van der Waals surface area contributed by atoms with Crippen LogP contribution < -0.4 is 4.72 Å². The Balaban J connectivity index is 0.000000423. The van der Waals surface area contributed by atoms with Gasteiger partial charge in [-0.3, -0.25) is 9.78 Å². The summed E-state index contributed by atoms with van der Waals surface area (Å²) in [4.78, 5) is 27.3. The van der Waals surface area contributed by atoms with Crippen molar-refractivity contribution in [2.45, 2.75) is 31.5 Å². The summed E-state index contributed by atoms with van der Waals surface area (Å²) in [5.41, 5.74) is 0.314. The van der Waals surface area contributed by atoms with E-state index in [-0.39, 0.29) is 17.4 Å².